The van der Waals surface area contributed by atoms with Crippen LogP contribution in [-0.4, -0.2) is 42.7 Å². The maximum absolute atomic E-state index is 14.5. The van der Waals surface area contributed by atoms with Gasteiger partial charge in [-0.1, -0.05) is 32.0 Å². The lowest BCUT2D eigenvalue weighted by Crippen LogP contribution is -2.44. The van der Waals surface area contributed by atoms with Gasteiger partial charge in [0.1, 0.15) is 17.2 Å². The zero-order valence-corrected chi connectivity index (χ0v) is 22.5. The van der Waals surface area contributed by atoms with Crippen LogP contribution in [0.25, 0.3) is 0 Å². The molecule has 1 saturated heterocycles. The predicted molar refractivity (Wildman–Crippen MR) is 140 cm³/mol. The van der Waals surface area contributed by atoms with Crippen molar-refractivity contribution in [1.82, 2.24) is 4.90 Å². The highest BCUT2D eigenvalue weighted by Gasteiger charge is 2.43. The molecule has 6 heteroatoms. The molecule has 0 atom stereocenters. The average Bonchev–Trinajstić information content (AvgIpc) is 3.14. The van der Waals surface area contributed by atoms with Gasteiger partial charge in [0.2, 0.25) is 0 Å². The second-order valence-corrected chi connectivity index (χ2v) is 12.2. The van der Waals surface area contributed by atoms with Crippen molar-refractivity contribution in [2.75, 3.05) is 26.2 Å². The van der Waals surface area contributed by atoms with Crippen molar-refractivity contribution < 1.29 is 18.7 Å². The van der Waals surface area contributed by atoms with Gasteiger partial charge in [-0.15, -0.1) is 11.8 Å². The number of hydrogen-bond acceptors (Lipinski definition) is 5. The Bertz CT molecular complexity index is 1050. The summed E-state index contributed by atoms with van der Waals surface area (Å²) < 4.78 is 26.1. The Balaban J connectivity index is 1.35. The molecular weight excluding hydrogens is 461 g/mol. The van der Waals surface area contributed by atoms with E-state index < -0.39 is 5.60 Å². The number of rotatable bonds is 7. The SMILES string of the molecule is CC(C)c1cccc(F)c1CSc1ccc2c(c1)OCC21CCN(CCC(=O)OC(C)(C)C)CC1. The Morgan fingerprint density at radius 2 is 1.94 bits per heavy atom. The van der Waals surface area contributed by atoms with Crippen LogP contribution in [-0.2, 0) is 20.7 Å². The summed E-state index contributed by atoms with van der Waals surface area (Å²) in [5, 5.41) is 0. The van der Waals surface area contributed by atoms with Gasteiger partial charge in [0.05, 0.1) is 13.0 Å². The molecule has 2 aliphatic rings. The quantitative estimate of drug-likeness (QED) is 0.313. The number of likely N-dealkylation sites (tertiary alicyclic amines) is 1. The summed E-state index contributed by atoms with van der Waals surface area (Å²) in [5.74, 6) is 1.61. The first-order chi connectivity index (χ1) is 16.6. The van der Waals surface area contributed by atoms with Crippen molar-refractivity contribution in [2.24, 2.45) is 0 Å². The lowest BCUT2D eigenvalue weighted by atomic mass is 9.74. The molecule has 1 spiro atoms. The zero-order valence-electron chi connectivity index (χ0n) is 21.7. The van der Waals surface area contributed by atoms with Gasteiger partial charge in [0.25, 0.3) is 0 Å². The van der Waals surface area contributed by atoms with Crippen LogP contribution in [0.3, 0.4) is 0 Å². The summed E-state index contributed by atoms with van der Waals surface area (Å²) in [6.07, 6.45) is 2.47. The standard InChI is InChI=1S/C29H38FNO3S/c1-20(2)22-7-6-8-25(30)23(22)18-35-21-9-10-24-26(17-21)33-19-29(24)12-15-31(16-13-29)14-11-27(32)34-28(3,4)5/h6-10,17,20H,11-16,18-19H2,1-5H3. The van der Waals surface area contributed by atoms with E-state index in [9.17, 15) is 9.18 Å². The first-order valence-electron chi connectivity index (χ1n) is 12.7. The van der Waals surface area contributed by atoms with Crippen LogP contribution in [0.4, 0.5) is 4.39 Å². The molecular formula is C29H38FNO3S. The molecule has 2 aliphatic heterocycles. The zero-order chi connectivity index (χ0) is 25.2. The van der Waals surface area contributed by atoms with Crippen molar-refractivity contribution in [3.8, 4) is 5.75 Å². The Morgan fingerprint density at radius 1 is 1.20 bits per heavy atom. The molecule has 4 nitrogen and oxygen atoms in total. The Morgan fingerprint density at radius 3 is 2.63 bits per heavy atom. The first-order valence-corrected chi connectivity index (χ1v) is 13.7. The van der Waals surface area contributed by atoms with Crippen molar-refractivity contribution in [3.63, 3.8) is 0 Å². The minimum atomic E-state index is -0.433. The van der Waals surface area contributed by atoms with E-state index in [1.54, 1.807) is 23.9 Å². The van der Waals surface area contributed by atoms with E-state index in [0.29, 0.717) is 24.7 Å². The molecule has 190 valence electrons. The average molecular weight is 500 g/mol. The van der Waals surface area contributed by atoms with Crippen LogP contribution < -0.4 is 4.74 Å². The van der Waals surface area contributed by atoms with Gasteiger partial charge in [0, 0.05) is 33.7 Å². The molecule has 0 amide bonds. The number of nitrogens with zero attached hydrogens (tertiary/aromatic N) is 1. The fourth-order valence-corrected chi connectivity index (χ4v) is 6.10. The van der Waals surface area contributed by atoms with Crippen molar-refractivity contribution >= 4 is 17.7 Å². The number of thioether (sulfide) groups is 1. The van der Waals surface area contributed by atoms with Gasteiger partial charge >= 0.3 is 5.97 Å². The van der Waals surface area contributed by atoms with E-state index in [4.69, 9.17) is 9.47 Å². The van der Waals surface area contributed by atoms with E-state index in [1.165, 1.54) is 5.56 Å². The number of hydrogen-bond donors (Lipinski definition) is 0. The highest BCUT2D eigenvalue weighted by atomic mass is 32.2. The fraction of sp³-hybridized carbons (Fsp3) is 0.552. The van der Waals surface area contributed by atoms with E-state index in [0.717, 1.165) is 54.2 Å². The normalized spacial score (nSPS) is 17.5. The highest BCUT2D eigenvalue weighted by Crippen LogP contribution is 2.47. The van der Waals surface area contributed by atoms with Crippen molar-refractivity contribution in [2.45, 2.75) is 81.5 Å². The third kappa shape index (κ3) is 6.21. The maximum Gasteiger partial charge on any atom is 0.307 e. The molecule has 1 fully saturated rings. The van der Waals surface area contributed by atoms with E-state index in [-0.39, 0.29) is 17.2 Å². The van der Waals surface area contributed by atoms with Crippen LogP contribution >= 0.6 is 11.8 Å². The van der Waals surface area contributed by atoms with Crippen LogP contribution in [0, 0.1) is 5.82 Å². The van der Waals surface area contributed by atoms with Gasteiger partial charge in [-0.05, 0) is 76.4 Å². The molecule has 35 heavy (non-hydrogen) atoms. The lowest BCUT2D eigenvalue weighted by molar-refractivity contribution is -0.155. The fourth-order valence-electron chi connectivity index (χ4n) is 5.13. The van der Waals surface area contributed by atoms with Gasteiger partial charge < -0.3 is 14.4 Å². The number of benzene rings is 2. The molecule has 4 rings (SSSR count). The number of carbonyl (C=O) groups excluding carboxylic acids is 1. The van der Waals surface area contributed by atoms with Gasteiger partial charge in [-0.25, -0.2) is 4.39 Å². The second kappa shape index (κ2) is 10.5. The van der Waals surface area contributed by atoms with Crippen molar-refractivity contribution in [3.05, 3.63) is 58.9 Å². The third-order valence-electron chi connectivity index (χ3n) is 7.05. The van der Waals surface area contributed by atoms with Crippen molar-refractivity contribution in [1.29, 1.82) is 0 Å². The molecule has 0 unspecified atom stereocenters. The molecule has 0 radical (unpaired) electrons. The van der Waals surface area contributed by atoms with E-state index in [2.05, 4.69) is 36.9 Å². The highest BCUT2D eigenvalue weighted by molar-refractivity contribution is 7.98. The molecule has 2 aromatic carbocycles. The van der Waals surface area contributed by atoms with E-state index >= 15 is 0 Å². The topological polar surface area (TPSA) is 38.8 Å². The minimum absolute atomic E-state index is 0.0529. The molecule has 0 saturated carbocycles. The molecule has 2 aromatic rings. The smallest absolute Gasteiger partial charge is 0.307 e. The number of piperidine rings is 1. The second-order valence-electron chi connectivity index (χ2n) is 11.2. The van der Waals surface area contributed by atoms with Gasteiger partial charge in [0.15, 0.2) is 0 Å². The van der Waals surface area contributed by atoms with Crippen LogP contribution in [0.1, 0.15) is 76.5 Å². The molecule has 0 N–H and O–H groups in total. The number of halogens is 1. The Hall–Kier alpha value is -2.05. The van der Waals surface area contributed by atoms with Crippen LogP contribution in [0.5, 0.6) is 5.75 Å². The summed E-state index contributed by atoms with van der Waals surface area (Å²) in [6.45, 7) is 13.3. The monoisotopic (exact) mass is 499 g/mol. The molecule has 0 bridgehead atoms. The summed E-state index contributed by atoms with van der Waals surface area (Å²) in [4.78, 5) is 15.5. The van der Waals surface area contributed by atoms with E-state index in [1.807, 2.05) is 26.8 Å². The third-order valence-corrected chi connectivity index (χ3v) is 8.07. The lowest BCUT2D eigenvalue weighted by Gasteiger charge is -2.38. The maximum atomic E-state index is 14.5. The largest absolute Gasteiger partial charge is 0.492 e. The van der Waals surface area contributed by atoms with Gasteiger partial charge in [-0.2, -0.15) is 0 Å². The van der Waals surface area contributed by atoms with Gasteiger partial charge in [-0.3, -0.25) is 4.79 Å². The number of esters is 1. The molecule has 2 heterocycles. The number of fused-ring (bicyclic) bond motifs is 2. The molecule has 0 aliphatic carbocycles. The van der Waals surface area contributed by atoms with Crippen LogP contribution in [0.2, 0.25) is 0 Å². The number of carbonyl (C=O) groups is 1. The summed E-state index contributed by atoms with van der Waals surface area (Å²) in [5.41, 5.74) is 2.78. The first kappa shape index (κ1) is 26.0. The Kier molecular flexibility index (Phi) is 7.82. The number of ether oxygens (including phenoxy) is 2. The summed E-state index contributed by atoms with van der Waals surface area (Å²) in [7, 11) is 0. The molecule has 0 aromatic heterocycles. The summed E-state index contributed by atoms with van der Waals surface area (Å²) >= 11 is 1.66. The van der Waals surface area contributed by atoms with Crippen LogP contribution in [0.15, 0.2) is 41.3 Å². The summed E-state index contributed by atoms with van der Waals surface area (Å²) in [6, 6.07) is 11.9. The minimum Gasteiger partial charge on any atom is -0.492 e. The Labute approximate surface area is 213 Å². The predicted octanol–water partition coefficient (Wildman–Crippen LogP) is 6.70.